The van der Waals surface area contributed by atoms with Crippen LogP contribution in [-0.2, 0) is 7.05 Å². The van der Waals surface area contributed by atoms with Gasteiger partial charge >= 0.3 is 0 Å². The first-order valence-electron chi connectivity index (χ1n) is 7.96. The van der Waals surface area contributed by atoms with Crippen LogP contribution in [0.5, 0.6) is 0 Å². The molecule has 0 spiro atoms. The fourth-order valence-corrected chi connectivity index (χ4v) is 3.00. The molecule has 0 unspecified atom stereocenters. The lowest BCUT2D eigenvalue weighted by Crippen LogP contribution is -2.21. The van der Waals surface area contributed by atoms with Gasteiger partial charge in [-0.3, -0.25) is 9.48 Å². The summed E-state index contributed by atoms with van der Waals surface area (Å²) in [4.78, 5) is 14.2. The Morgan fingerprint density at radius 3 is 2.42 bits per heavy atom. The number of nitrogens with one attached hydrogen (secondary N) is 1. The minimum absolute atomic E-state index is 0.325. The van der Waals surface area contributed by atoms with E-state index >= 15 is 0 Å². The van der Waals surface area contributed by atoms with E-state index in [0.29, 0.717) is 10.2 Å². The first-order valence-corrected chi connectivity index (χ1v) is 8.75. The molecule has 3 aromatic rings. The van der Waals surface area contributed by atoms with Crippen LogP contribution in [0.3, 0.4) is 0 Å². The minimum atomic E-state index is -0.325. The van der Waals surface area contributed by atoms with Crippen LogP contribution in [0.1, 0.15) is 16.1 Å². The van der Waals surface area contributed by atoms with Crippen LogP contribution < -0.4 is 10.3 Å². The van der Waals surface area contributed by atoms with Gasteiger partial charge in [-0.25, -0.2) is 5.43 Å². The van der Waals surface area contributed by atoms with Gasteiger partial charge in [0.15, 0.2) is 0 Å². The molecule has 1 aromatic heterocycles. The van der Waals surface area contributed by atoms with Crippen molar-refractivity contribution in [1.82, 2.24) is 15.2 Å². The summed E-state index contributed by atoms with van der Waals surface area (Å²) in [5, 5.41) is 8.02. The monoisotopic (exact) mass is 411 g/mol. The molecule has 6 nitrogen and oxygen atoms in total. The third-order valence-corrected chi connectivity index (χ3v) is 4.49. The quantitative estimate of drug-likeness (QED) is 0.513. The summed E-state index contributed by atoms with van der Waals surface area (Å²) in [6, 6.07) is 18.0. The average Bonchev–Trinajstić information content (AvgIpc) is 3.01. The minimum Gasteiger partial charge on any atom is -0.345 e. The Bertz CT molecular complexity index is 899. The zero-order valence-corrected chi connectivity index (χ0v) is 16.0. The van der Waals surface area contributed by atoms with Crippen molar-refractivity contribution >= 4 is 39.4 Å². The smallest absolute Gasteiger partial charge is 0.290 e. The molecule has 1 heterocycles. The molecule has 0 aliphatic carbocycles. The van der Waals surface area contributed by atoms with Gasteiger partial charge in [-0.1, -0.05) is 30.3 Å². The van der Waals surface area contributed by atoms with Crippen LogP contribution in [0.4, 0.5) is 11.4 Å². The molecule has 0 aliphatic heterocycles. The van der Waals surface area contributed by atoms with Gasteiger partial charge in [0.2, 0.25) is 0 Å². The van der Waals surface area contributed by atoms with E-state index < -0.39 is 0 Å². The number of halogens is 1. The highest BCUT2D eigenvalue weighted by Gasteiger charge is 2.14. The van der Waals surface area contributed by atoms with Gasteiger partial charge in [0, 0.05) is 25.5 Å². The molecule has 0 aliphatic rings. The number of carbonyl (C=O) groups is 1. The second kappa shape index (κ2) is 7.97. The predicted molar refractivity (Wildman–Crippen MR) is 107 cm³/mol. The molecule has 1 N–H and O–H groups in total. The van der Waals surface area contributed by atoms with Crippen LogP contribution in [0.2, 0.25) is 0 Å². The van der Waals surface area contributed by atoms with E-state index in [0.717, 1.165) is 16.9 Å². The molecule has 0 saturated carbocycles. The third kappa shape index (κ3) is 4.00. The average molecular weight is 412 g/mol. The lowest BCUT2D eigenvalue weighted by Gasteiger charge is -2.19. The number of para-hydroxylation sites is 1. The van der Waals surface area contributed by atoms with Crippen molar-refractivity contribution in [1.29, 1.82) is 0 Å². The Morgan fingerprint density at radius 2 is 1.81 bits per heavy atom. The summed E-state index contributed by atoms with van der Waals surface area (Å²) in [5.74, 6) is -0.325. The lowest BCUT2D eigenvalue weighted by molar-refractivity contribution is 0.0945. The number of benzene rings is 2. The van der Waals surface area contributed by atoms with Gasteiger partial charge < -0.3 is 4.90 Å². The molecule has 132 valence electrons. The highest BCUT2D eigenvalue weighted by Crippen LogP contribution is 2.22. The molecule has 7 heteroatoms. The molecule has 0 atom stereocenters. The summed E-state index contributed by atoms with van der Waals surface area (Å²) in [6.07, 6.45) is 3.18. The molecule has 0 saturated heterocycles. The maximum absolute atomic E-state index is 12.1. The first kappa shape index (κ1) is 17.9. The summed E-state index contributed by atoms with van der Waals surface area (Å²) in [6.45, 7) is 0. The number of nitrogens with zero attached hydrogens (tertiary/aromatic N) is 4. The summed E-state index contributed by atoms with van der Waals surface area (Å²) >= 11 is 3.29. The van der Waals surface area contributed by atoms with Gasteiger partial charge in [-0.2, -0.15) is 10.2 Å². The highest BCUT2D eigenvalue weighted by molar-refractivity contribution is 9.10. The van der Waals surface area contributed by atoms with Crippen molar-refractivity contribution in [3.05, 3.63) is 76.5 Å². The number of aromatic nitrogens is 2. The van der Waals surface area contributed by atoms with E-state index in [9.17, 15) is 4.79 Å². The normalized spacial score (nSPS) is 10.9. The highest BCUT2D eigenvalue weighted by atomic mass is 79.9. The van der Waals surface area contributed by atoms with Crippen LogP contribution in [-0.4, -0.2) is 28.9 Å². The van der Waals surface area contributed by atoms with Crippen molar-refractivity contribution in [2.24, 2.45) is 12.1 Å². The number of anilines is 2. The Balaban J connectivity index is 1.64. The van der Waals surface area contributed by atoms with Crippen molar-refractivity contribution in [3.8, 4) is 0 Å². The Labute approximate surface area is 160 Å². The fraction of sp³-hybridized carbons (Fsp3) is 0.105. The van der Waals surface area contributed by atoms with E-state index in [1.54, 1.807) is 19.5 Å². The number of aryl methyl sites for hydroxylation is 1. The van der Waals surface area contributed by atoms with Crippen LogP contribution in [0, 0.1) is 0 Å². The van der Waals surface area contributed by atoms with E-state index in [-0.39, 0.29) is 5.91 Å². The Kier molecular flexibility index (Phi) is 5.48. The van der Waals surface area contributed by atoms with Crippen LogP contribution in [0.25, 0.3) is 0 Å². The van der Waals surface area contributed by atoms with E-state index in [1.807, 2.05) is 49.5 Å². The second-order valence-electron chi connectivity index (χ2n) is 5.65. The maximum atomic E-state index is 12.1. The van der Waals surface area contributed by atoms with Crippen molar-refractivity contribution in [2.75, 3.05) is 11.9 Å². The van der Waals surface area contributed by atoms with Gasteiger partial charge in [-0.15, -0.1) is 0 Å². The maximum Gasteiger partial charge on any atom is 0.290 e. The number of rotatable bonds is 5. The topological polar surface area (TPSA) is 62.5 Å². The largest absolute Gasteiger partial charge is 0.345 e. The Hall–Kier alpha value is -2.93. The summed E-state index contributed by atoms with van der Waals surface area (Å²) in [7, 11) is 3.72. The lowest BCUT2D eigenvalue weighted by atomic mass is 10.2. The van der Waals surface area contributed by atoms with E-state index in [1.165, 1.54) is 4.68 Å². The first-order chi connectivity index (χ1) is 12.6. The van der Waals surface area contributed by atoms with Crippen LogP contribution >= 0.6 is 15.9 Å². The molecule has 0 radical (unpaired) electrons. The second-order valence-corrected chi connectivity index (χ2v) is 6.50. The van der Waals surface area contributed by atoms with Gasteiger partial charge in [0.05, 0.1) is 16.9 Å². The summed E-state index contributed by atoms with van der Waals surface area (Å²) < 4.78 is 2.12. The number of hydrazone groups is 1. The number of hydrogen-bond donors (Lipinski definition) is 1. The molecule has 0 fully saturated rings. The summed E-state index contributed by atoms with van der Waals surface area (Å²) in [5.41, 5.74) is 5.99. The molecule has 1 amide bonds. The van der Waals surface area contributed by atoms with E-state index in [4.69, 9.17) is 0 Å². The van der Waals surface area contributed by atoms with Crippen molar-refractivity contribution in [3.63, 3.8) is 0 Å². The fourth-order valence-electron chi connectivity index (χ4n) is 2.47. The SMILES string of the molecule is CN(c1ccccc1)c1ccc(/C=N/NC(=O)c2c(Br)cnn2C)cc1. The Morgan fingerprint density at radius 1 is 1.15 bits per heavy atom. The number of hydrogen-bond acceptors (Lipinski definition) is 4. The zero-order chi connectivity index (χ0) is 18.5. The van der Waals surface area contributed by atoms with Crippen LogP contribution in [0.15, 0.2) is 70.4 Å². The van der Waals surface area contributed by atoms with Gasteiger partial charge in [0.1, 0.15) is 5.69 Å². The molecule has 3 rings (SSSR count). The molecule has 0 bridgehead atoms. The molecular formula is C19H18BrN5O. The number of carbonyl (C=O) groups excluding carboxylic acids is 1. The molecule has 26 heavy (non-hydrogen) atoms. The van der Waals surface area contributed by atoms with Crippen molar-refractivity contribution < 1.29 is 4.79 Å². The zero-order valence-electron chi connectivity index (χ0n) is 14.4. The third-order valence-electron chi connectivity index (χ3n) is 3.91. The van der Waals surface area contributed by atoms with E-state index in [2.05, 4.69) is 48.6 Å². The van der Waals surface area contributed by atoms with Crippen molar-refractivity contribution in [2.45, 2.75) is 0 Å². The molecule has 2 aromatic carbocycles. The van der Waals surface area contributed by atoms with Gasteiger partial charge in [0.25, 0.3) is 5.91 Å². The van der Waals surface area contributed by atoms with Gasteiger partial charge in [-0.05, 0) is 45.8 Å². The number of amides is 1. The standard InChI is InChI=1S/C19H18BrN5O/c1-24(15-6-4-3-5-7-15)16-10-8-14(9-11-16)12-21-23-19(26)18-17(20)13-22-25(18)2/h3-13H,1-2H3,(H,23,26)/b21-12+. The predicted octanol–water partition coefficient (Wildman–Crippen LogP) is 3.71. The molecular weight excluding hydrogens is 394 g/mol.